The summed E-state index contributed by atoms with van der Waals surface area (Å²) in [7, 11) is 1.84. The molecule has 0 aliphatic carbocycles. The highest BCUT2D eigenvalue weighted by Crippen LogP contribution is 2.37. The molecule has 1 aromatic carbocycles. The summed E-state index contributed by atoms with van der Waals surface area (Å²) >= 11 is 1.54. The first-order chi connectivity index (χ1) is 22.3. The molecule has 2 aliphatic heterocycles. The van der Waals surface area contributed by atoms with Gasteiger partial charge in [0.15, 0.2) is 0 Å². The molecule has 2 atom stereocenters. The molecule has 2 saturated heterocycles. The summed E-state index contributed by atoms with van der Waals surface area (Å²) in [6.45, 7) is 1.86. The topological polar surface area (TPSA) is 114 Å². The normalized spacial score (nSPS) is 19.8. The van der Waals surface area contributed by atoms with Crippen molar-refractivity contribution in [3.63, 3.8) is 0 Å². The van der Waals surface area contributed by atoms with Crippen molar-refractivity contribution in [1.82, 2.24) is 28.9 Å². The van der Waals surface area contributed by atoms with E-state index in [4.69, 9.17) is 0 Å². The summed E-state index contributed by atoms with van der Waals surface area (Å²) in [5, 5.41) is 13.9. The quantitative estimate of drug-likeness (QED) is 0.300. The number of aryl methyl sites for hydroxylation is 1. The predicted octanol–water partition coefficient (Wildman–Crippen LogP) is 4.16. The van der Waals surface area contributed by atoms with Gasteiger partial charge in [0.1, 0.15) is 12.0 Å². The van der Waals surface area contributed by atoms with Crippen molar-refractivity contribution >= 4 is 34.2 Å². The van der Waals surface area contributed by atoms with Crippen LogP contribution in [0.1, 0.15) is 41.1 Å². The second-order valence-corrected chi connectivity index (χ2v) is 13.4. The van der Waals surface area contributed by atoms with Gasteiger partial charge in [-0.3, -0.25) is 23.9 Å². The molecule has 4 aromatic heterocycles. The van der Waals surface area contributed by atoms with Crippen LogP contribution in [0.25, 0.3) is 21.5 Å². The van der Waals surface area contributed by atoms with E-state index >= 15 is 0 Å². The minimum absolute atomic E-state index is 0.0265. The van der Waals surface area contributed by atoms with Gasteiger partial charge in [-0.1, -0.05) is 30.3 Å². The van der Waals surface area contributed by atoms with E-state index in [9.17, 15) is 19.5 Å². The highest BCUT2D eigenvalue weighted by atomic mass is 32.1. The Hall–Kier alpha value is -4.61. The molecule has 5 aromatic rings. The Morgan fingerprint density at radius 2 is 1.76 bits per heavy atom. The molecule has 6 heterocycles. The Labute approximate surface area is 270 Å². The zero-order valence-electron chi connectivity index (χ0n) is 25.7. The number of pyridine rings is 1. The largest absolute Gasteiger partial charge is 0.388 e. The maximum atomic E-state index is 14.1. The van der Waals surface area contributed by atoms with E-state index in [-0.39, 0.29) is 35.8 Å². The van der Waals surface area contributed by atoms with Gasteiger partial charge in [0.05, 0.1) is 23.1 Å². The lowest BCUT2D eigenvalue weighted by atomic mass is 9.79. The number of carbonyl (C=O) groups excluding carboxylic acids is 2. The van der Waals surface area contributed by atoms with E-state index in [1.807, 2.05) is 70.8 Å². The van der Waals surface area contributed by atoms with Crippen LogP contribution in [0.4, 0.5) is 0 Å². The van der Waals surface area contributed by atoms with Crippen LogP contribution in [0.15, 0.2) is 89.7 Å². The fourth-order valence-electron chi connectivity index (χ4n) is 6.99. The smallest absolute Gasteiger partial charge is 0.262 e. The number of aromatic nitrogens is 4. The summed E-state index contributed by atoms with van der Waals surface area (Å²) in [6.07, 6.45) is 8.03. The van der Waals surface area contributed by atoms with E-state index < -0.39 is 5.60 Å². The molecule has 10 nitrogen and oxygen atoms in total. The Kier molecular flexibility index (Phi) is 8.04. The molecule has 0 saturated carbocycles. The van der Waals surface area contributed by atoms with Crippen LogP contribution in [-0.4, -0.2) is 77.6 Å². The molecule has 2 aliphatic rings. The highest BCUT2D eigenvalue weighted by molar-refractivity contribution is 7.14. The number of rotatable bonds is 6. The van der Waals surface area contributed by atoms with Crippen LogP contribution in [0.3, 0.4) is 0 Å². The maximum Gasteiger partial charge on any atom is 0.262 e. The molecular formula is C35H36N6O4S. The van der Waals surface area contributed by atoms with Gasteiger partial charge in [0, 0.05) is 68.5 Å². The van der Waals surface area contributed by atoms with Crippen LogP contribution in [0.5, 0.6) is 0 Å². The van der Waals surface area contributed by atoms with Crippen molar-refractivity contribution < 1.29 is 14.7 Å². The summed E-state index contributed by atoms with van der Waals surface area (Å²) in [5.41, 5.74) is 1.98. The predicted molar refractivity (Wildman–Crippen MR) is 176 cm³/mol. The first-order valence-corrected chi connectivity index (χ1v) is 16.5. The molecule has 0 bridgehead atoms. The van der Waals surface area contributed by atoms with Crippen LogP contribution >= 0.6 is 11.3 Å². The van der Waals surface area contributed by atoms with Gasteiger partial charge in [-0.15, -0.1) is 11.3 Å². The average Bonchev–Trinajstić information content (AvgIpc) is 3.74. The number of nitrogens with zero attached hydrogens (tertiary/aromatic N) is 6. The molecule has 0 unspecified atom stereocenters. The number of aliphatic hydroxyl groups is 1. The van der Waals surface area contributed by atoms with Gasteiger partial charge in [0.2, 0.25) is 5.91 Å². The van der Waals surface area contributed by atoms with Crippen LogP contribution in [0.2, 0.25) is 0 Å². The average molecular weight is 637 g/mol. The van der Waals surface area contributed by atoms with Crippen LogP contribution < -0.4 is 5.56 Å². The van der Waals surface area contributed by atoms with Gasteiger partial charge in [-0.25, -0.2) is 4.98 Å². The van der Waals surface area contributed by atoms with E-state index in [2.05, 4.69) is 9.97 Å². The third-order valence-corrected chi connectivity index (χ3v) is 10.6. The summed E-state index contributed by atoms with van der Waals surface area (Å²) in [5.74, 6) is -0.411. The number of thiophene rings is 1. The van der Waals surface area contributed by atoms with Gasteiger partial charge >= 0.3 is 0 Å². The molecule has 236 valence electrons. The summed E-state index contributed by atoms with van der Waals surface area (Å²) < 4.78 is 3.27. The SMILES string of the molecule is Cn1ccc2c(=O)n(CC3(O)CCN(C(=O)[C@@H]4CCN(C(=O)c5ccsc5-c5ccncc5)C[C@H]4c4ccccc4)CC3)cnc21. The number of carbonyl (C=O) groups is 2. The molecule has 2 amide bonds. The molecule has 2 fully saturated rings. The van der Waals surface area contributed by atoms with Crippen molar-refractivity contribution in [2.24, 2.45) is 13.0 Å². The lowest BCUT2D eigenvalue weighted by molar-refractivity contribution is -0.142. The van der Waals surface area contributed by atoms with E-state index in [0.29, 0.717) is 62.0 Å². The number of benzene rings is 1. The number of amides is 2. The third kappa shape index (κ3) is 5.65. The Balaban J connectivity index is 1.06. The van der Waals surface area contributed by atoms with Crippen LogP contribution in [-0.2, 0) is 18.4 Å². The fraction of sp³-hybridized carbons (Fsp3) is 0.343. The Bertz CT molecular complexity index is 1930. The molecule has 46 heavy (non-hydrogen) atoms. The van der Waals surface area contributed by atoms with E-state index in [1.165, 1.54) is 22.2 Å². The van der Waals surface area contributed by atoms with Gasteiger partial charge in [-0.05, 0) is 60.0 Å². The van der Waals surface area contributed by atoms with Crippen molar-refractivity contribution in [1.29, 1.82) is 0 Å². The second kappa shape index (κ2) is 12.3. The monoisotopic (exact) mass is 636 g/mol. The lowest BCUT2D eigenvalue weighted by Crippen LogP contribution is -2.53. The Morgan fingerprint density at radius 3 is 2.52 bits per heavy atom. The lowest BCUT2D eigenvalue weighted by Gasteiger charge is -2.43. The molecule has 1 N–H and O–H groups in total. The highest BCUT2D eigenvalue weighted by Gasteiger charge is 2.42. The van der Waals surface area contributed by atoms with Crippen molar-refractivity contribution in [3.05, 3.63) is 106 Å². The van der Waals surface area contributed by atoms with Crippen LogP contribution in [0, 0.1) is 5.92 Å². The van der Waals surface area contributed by atoms with Gasteiger partial charge in [-0.2, -0.15) is 0 Å². The minimum atomic E-state index is -1.12. The number of hydrogen-bond donors (Lipinski definition) is 1. The minimum Gasteiger partial charge on any atom is -0.388 e. The summed E-state index contributed by atoms with van der Waals surface area (Å²) in [4.78, 5) is 54.3. The third-order valence-electron chi connectivity index (χ3n) is 9.60. The summed E-state index contributed by atoms with van der Waals surface area (Å²) in [6, 6.07) is 17.4. The zero-order valence-corrected chi connectivity index (χ0v) is 26.5. The number of piperidine rings is 2. The van der Waals surface area contributed by atoms with Gasteiger partial charge in [0.25, 0.3) is 11.5 Å². The molecule has 7 rings (SSSR count). The van der Waals surface area contributed by atoms with Gasteiger partial charge < -0.3 is 19.5 Å². The number of hydrogen-bond acceptors (Lipinski definition) is 7. The molecular weight excluding hydrogens is 600 g/mol. The maximum absolute atomic E-state index is 14.1. The van der Waals surface area contributed by atoms with Crippen molar-refractivity contribution in [3.8, 4) is 10.4 Å². The number of likely N-dealkylation sites (tertiary alicyclic amines) is 2. The fourth-order valence-corrected chi connectivity index (χ4v) is 7.89. The standard InChI is InChI=1S/C35H36N6O4S/c1-38-16-9-28-31(38)37-23-41(34(28)44)22-35(45)12-18-39(19-13-35)32(42)26-10-17-40(21-29(26)24-5-3-2-4-6-24)33(43)27-11-20-46-30(27)25-7-14-36-15-8-25/h2-9,11,14-16,20,23,26,29,45H,10,12-13,17-19,21-22H2,1H3/t26-,29+/m1/s1. The second-order valence-electron chi connectivity index (χ2n) is 12.5. The zero-order chi connectivity index (χ0) is 31.8. The van der Waals surface area contributed by atoms with E-state index in [1.54, 1.807) is 29.2 Å². The molecule has 11 heteroatoms. The van der Waals surface area contributed by atoms with Crippen molar-refractivity contribution in [2.75, 3.05) is 26.2 Å². The molecule has 0 spiro atoms. The molecule has 0 radical (unpaired) electrons. The van der Waals surface area contributed by atoms with Crippen molar-refractivity contribution in [2.45, 2.75) is 37.3 Å². The first-order valence-electron chi connectivity index (χ1n) is 15.6. The Morgan fingerprint density at radius 1 is 1.00 bits per heavy atom. The number of fused-ring (bicyclic) bond motifs is 1. The first kappa shape index (κ1) is 30.1. The van der Waals surface area contributed by atoms with E-state index in [0.717, 1.165) is 16.0 Å².